The Bertz CT molecular complexity index is 663. The van der Waals surface area contributed by atoms with E-state index < -0.39 is 0 Å². The number of hydrogen-bond acceptors (Lipinski definition) is 4. The van der Waals surface area contributed by atoms with Crippen LogP contribution in [-0.2, 0) is 9.59 Å². The second-order valence-electron chi connectivity index (χ2n) is 7.79. The number of rotatable bonds is 4. The largest absolute Gasteiger partial charge is 0.369 e. The fraction of sp³-hybridized carbons (Fsp3) is 0.600. The summed E-state index contributed by atoms with van der Waals surface area (Å²) in [5.74, 6) is 0.295. The lowest BCUT2D eigenvalue weighted by molar-refractivity contribution is -0.137. The molecule has 1 unspecified atom stereocenters. The first kappa shape index (κ1) is 17.3. The number of carbonyl (C=O) groups excluding carboxylic acids is 2. The first-order valence-corrected chi connectivity index (χ1v) is 9.77. The summed E-state index contributed by atoms with van der Waals surface area (Å²) in [5.41, 5.74) is 2.00. The molecule has 140 valence electrons. The molecule has 1 aromatic carbocycles. The summed E-state index contributed by atoms with van der Waals surface area (Å²) < 4.78 is 0. The highest BCUT2D eigenvalue weighted by atomic mass is 16.2. The van der Waals surface area contributed by atoms with Crippen molar-refractivity contribution in [2.75, 3.05) is 50.0 Å². The summed E-state index contributed by atoms with van der Waals surface area (Å²) in [6, 6.07) is 7.77. The van der Waals surface area contributed by atoms with Gasteiger partial charge in [-0.15, -0.1) is 0 Å². The van der Waals surface area contributed by atoms with Crippen molar-refractivity contribution in [1.29, 1.82) is 0 Å². The van der Waals surface area contributed by atoms with E-state index in [1.807, 2.05) is 12.1 Å². The quantitative estimate of drug-likeness (QED) is 0.893. The molecule has 2 amide bonds. The van der Waals surface area contributed by atoms with E-state index in [9.17, 15) is 9.59 Å². The van der Waals surface area contributed by atoms with E-state index in [4.69, 9.17) is 0 Å². The van der Waals surface area contributed by atoms with Gasteiger partial charge in [0.05, 0.1) is 0 Å². The molecule has 1 aliphatic carbocycles. The van der Waals surface area contributed by atoms with E-state index in [1.54, 1.807) is 4.90 Å². The summed E-state index contributed by atoms with van der Waals surface area (Å²) in [7, 11) is 2.15. The number of hydrogen-bond donors (Lipinski definition) is 1. The zero-order valence-corrected chi connectivity index (χ0v) is 15.5. The molecule has 3 aliphatic rings. The van der Waals surface area contributed by atoms with Gasteiger partial charge >= 0.3 is 0 Å². The Balaban J connectivity index is 1.36. The number of anilines is 2. The van der Waals surface area contributed by atoms with Crippen LogP contribution in [0.2, 0.25) is 0 Å². The first-order valence-electron chi connectivity index (χ1n) is 9.77. The Morgan fingerprint density at radius 3 is 2.31 bits per heavy atom. The molecule has 26 heavy (non-hydrogen) atoms. The predicted molar refractivity (Wildman–Crippen MR) is 102 cm³/mol. The molecule has 2 aliphatic heterocycles. The van der Waals surface area contributed by atoms with Gasteiger partial charge in [0.2, 0.25) is 11.8 Å². The molecule has 0 aromatic heterocycles. The third kappa shape index (κ3) is 3.70. The average Bonchev–Trinajstić information content (AvgIpc) is 3.38. The van der Waals surface area contributed by atoms with E-state index in [1.165, 1.54) is 5.69 Å². The lowest BCUT2D eigenvalue weighted by Crippen LogP contribution is -2.44. The molecular weight excluding hydrogens is 328 g/mol. The van der Waals surface area contributed by atoms with Crippen molar-refractivity contribution in [3.63, 3.8) is 0 Å². The summed E-state index contributed by atoms with van der Waals surface area (Å²) in [5, 5.41) is 3.01. The van der Waals surface area contributed by atoms with E-state index in [0.717, 1.165) is 64.1 Å². The fourth-order valence-electron chi connectivity index (χ4n) is 3.91. The molecular formula is C20H28N4O2. The van der Waals surface area contributed by atoms with Crippen LogP contribution in [0, 0.1) is 5.92 Å². The molecule has 0 bridgehead atoms. The van der Waals surface area contributed by atoms with Crippen LogP contribution in [0.5, 0.6) is 0 Å². The molecule has 6 heteroatoms. The van der Waals surface area contributed by atoms with Gasteiger partial charge < -0.3 is 20.0 Å². The van der Waals surface area contributed by atoms with E-state index >= 15 is 0 Å². The Morgan fingerprint density at radius 1 is 0.962 bits per heavy atom. The highest BCUT2D eigenvalue weighted by Crippen LogP contribution is 2.34. The number of carbonyl (C=O) groups is 2. The van der Waals surface area contributed by atoms with Gasteiger partial charge in [0, 0.05) is 50.0 Å². The third-order valence-electron chi connectivity index (χ3n) is 5.77. The smallest absolute Gasteiger partial charge is 0.247 e. The van der Waals surface area contributed by atoms with Gasteiger partial charge in [0.15, 0.2) is 0 Å². The number of likely N-dealkylation sites (tertiary alicyclic amines) is 1. The van der Waals surface area contributed by atoms with Crippen LogP contribution in [0.1, 0.15) is 25.7 Å². The molecule has 3 fully saturated rings. The minimum Gasteiger partial charge on any atom is -0.369 e. The molecule has 1 N–H and O–H groups in total. The van der Waals surface area contributed by atoms with Crippen molar-refractivity contribution in [2.45, 2.75) is 31.7 Å². The summed E-state index contributed by atoms with van der Waals surface area (Å²) in [4.78, 5) is 31.5. The minimum absolute atomic E-state index is 0.0520. The van der Waals surface area contributed by atoms with Crippen LogP contribution in [0.15, 0.2) is 24.3 Å². The average molecular weight is 356 g/mol. The van der Waals surface area contributed by atoms with Crippen LogP contribution < -0.4 is 10.2 Å². The summed E-state index contributed by atoms with van der Waals surface area (Å²) in [6.07, 6.45) is 3.65. The molecule has 0 radical (unpaired) electrons. The lowest BCUT2D eigenvalue weighted by atomic mass is 10.2. The third-order valence-corrected chi connectivity index (χ3v) is 5.77. The number of amides is 2. The number of piperazine rings is 1. The van der Waals surface area contributed by atoms with Crippen LogP contribution in [0.25, 0.3) is 0 Å². The highest BCUT2D eigenvalue weighted by Gasteiger charge is 2.40. The van der Waals surface area contributed by atoms with Gasteiger partial charge in [-0.2, -0.15) is 0 Å². The zero-order chi connectivity index (χ0) is 18.1. The van der Waals surface area contributed by atoms with Gasteiger partial charge in [-0.25, -0.2) is 0 Å². The van der Waals surface area contributed by atoms with Gasteiger partial charge in [-0.1, -0.05) is 0 Å². The van der Waals surface area contributed by atoms with Crippen molar-refractivity contribution in [3.05, 3.63) is 24.3 Å². The van der Waals surface area contributed by atoms with E-state index in [0.29, 0.717) is 0 Å². The molecule has 1 atom stereocenters. The molecule has 0 spiro atoms. The van der Waals surface area contributed by atoms with E-state index in [-0.39, 0.29) is 23.8 Å². The van der Waals surface area contributed by atoms with Crippen LogP contribution in [-0.4, -0.2) is 67.4 Å². The van der Waals surface area contributed by atoms with Crippen LogP contribution in [0.3, 0.4) is 0 Å². The van der Waals surface area contributed by atoms with Crippen molar-refractivity contribution in [1.82, 2.24) is 9.80 Å². The normalized spacial score (nSPS) is 24.0. The highest BCUT2D eigenvalue weighted by molar-refractivity contribution is 5.98. The fourth-order valence-corrected chi connectivity index (χ4v) is 3.91. The van der Waals surface area contributed by atoms with Crippen molar-refractivity contribution < 1.29 is 9.59 Å². The summed E-state index contributed by atoms with van der Waals surface area (Å²) in [6.45, 7) is 4.93. The molecule has 1 saturated carbocycles. The van der Waals surface area contributed by atoms with E-state index in [2.05, 4.69) is 34.3 Å². The Morgan fingerprint density at radius 2 is 1.65 bits per heavy atom. The second kappa shape index (κ2) is 7.27. The number of nitrogens with one attached hydrogen (secondary N) is 1. The maximum atomic E-state index is 12.7. The first-order chi connectivity index (χ1) is 12.6. The molecule has 6 nitrogen and oxygen atoms in total. The van der Waals surface area contributed by atoms with Crippen molar-refractivity contribution in [2.24, 2.45) is 5.92 Å². The Kier molecular flexibility index (Phi) is 4.85. The topological polar surface area (TPSA) is 55.9 Å². The molecule has 1 aromatic rings. The van der Waals surface area contributed by atoms with Gasteiger partial charge in [-0.05, 0) is 57.0 Å². The maximum absolute atomic E-state index is 12.7. The molecule has 2 saturated heterocycles. The Labute approximate surface area is 155 Å². The zero-order valence-electron chi connectivity index (χ0n) is 15.5. The summed E-state index contributed by atoms with van der Waals surface area (Å²) >= 11 is 0. The van der Waals surface area contributed by atoms with Crippen molar-refractivity contribution in [3.8, 4) is 0 Å². The van der Waals surface area contributed by atoms with Gasteiger partial charge in [-0.3, -0.25) is 9.59 Å². The Hall–Kier alpha value is -2.08. The lowest BCUT2D eigenvalue weighted by Gasteiger charge is -2.34. The van der Waals surface area contributed by atoms with Gasteiger partial charge in [0.1, 0.15) is 6.04 Å². The molecule has 4 rings (SSSR count). The maximum Gasteiger partial charge on any atom is 0.247 e. The second-order valence-corrected chi connectivity index (χ2v) is 7.79. The minimum atomic E-state index is -0.305. The van der Waals surface area contributed by atoms with Crippen LogP contribution in [0.4, 0.5) is 11.4 Å². The van der Waals surface area contributed by atoms with Gasteiger partial charge in [0.25, 0.3) is 0 Å². The predicted octanol–water partition coefficient (Wildman–Crippen LogP) is 1.78. The molecule has 2 heterocycles. The number of likely N-dealkylation sites (N-methyl/N-ethyl adjacent to an activating group) is 1. The SMILES string of the molecule is CN1CCN(c2ccc(NC(=O)C3CCCN3C(=O)C3CC3)cc2)CC1. The van der Waals surface area contributed by atoms with Crippen molar-refractivity contribution >= 4 is 23.2 Å². The number of benzene rings is 1. The standard InChI is InChI=1S/C20H28N4O2/c1-22-11-13-23(14-12-22)17-8-6-16(7-9-17)21-19(25)18-3-2-10-24(18)20(26)15-4-5-15/h6-9,15,18H,2-5,10-14H2,1H3,(H,21,25). The monoisotopic (exact) mass is 356 g/mol. The van der Waals surface area contributed by atoms with Crippen LogP contribution >= 0.6 is 0 Å². The number of nitrogens with zero attached hydrogens (tertiary/aromatic N) is 3.